The molecule has 3 N–H and O–H groups in total. The second kappa shape index (κ2) is 8.80. The van der Waals surface area contributed by atoms with Crippen molar-refractivity contribution < 1.29 is 19.5 Å². The molecule has 0 heterocycles. The first kappa shape index (κ1) is 19.2. The normalized spacial score (nSPS) is 12.7. The summed E-state index contributed by atoms with van der Waals surface area (Å²) >= 11 is 0. The molecule has 2 amide bonds. The van der Waals surface area contributed by atoms with E-state index >= 15 is 0 Å². The van der Waals surface area contributed by atoms with Gasteiger partial charge < -0.3 is 15.7 Å². The van der Waals surface area contributed by atoms with E-state index in [1.807, 2.05) is 6.92 Å². The van der Waals surface area contributed by atoms with Crippen LogP contribution in [0.3, 0.4) is 0 Å². The second-order valence-corrected chi connectivity index (χ2v) is 6.04. The van der Waals surface area contributed by atoms with E-state index in [1.54, 1.807) is 61.5 Å². The van der Waals surface area contributed by atoms with E-state index in [2.05, 4.69) is 10.6 Å². The summed E-state index contributed by atoms with van der Waals surface area (Å²) in [5.74, 6) is -2.19. The molecular formula is C20H22N2O4. The smallest absolute Gasteiger partial charge is 0.326 e. The molecule has 2 aromatic carbocycles. The van der Waals surface area contributed by atoms with Gasteiger partial charge >= 0.3 is 5.97 Å². The van der Waals surface area contributed by atoms with E-state index in [0.29, 0.717) is 17.7 Å². The predicted octanol–water partition coefficient (Wildman–Crippen LogP) is 3.17. The van der Waals surface area contributed by atoms with E-state index < -0.39 is 17.9 Å². The van der Waals surface area contributed by atoms with Gasteiger partial charge in [0.25, 0.3) is 11.8 Å². The van der Waals surface area contributed by atoms with Crippen LogP contribution in [0.2, 0.25) is 0 Å². The number of carboxylic acid groups (broad SMARTS) is 1. The maximum Gasteiger partial charge on any atom is 0.326 e. The Labute approximate surface area is 152 Å². The molecule has 0 saturated heterocycles. The molecule has 136 valence electrons. The lowest BCUT2D eigenvalue weighted by Crippen LogP contribution is -2.45. The van der Waals surface area contributed by atoms with Gasteiger partial charge in [-0.1, -0.05) is 50.6 Å². The Morgan fingerprint density at radius 3 is 2.19 bits per heavy atom. The summed E-state index contributed by atoms with van der Waals surface area (Å²) in [6.45, 7) is 3.63. The van der Waals surface area contributed by atoms with Gasteiger partial charge in [-0.15, -0.1) is 0 Å². The Morgan fingerprint density at radius 1 is 0.962 bits per heavy atom. The molecule has 0 fully saturated rings. The van der Waals surface area contributed by atoms with Crippen LogP contribution < -0.4 is 10.6 Å². The van der Waals surface area contributed by atoms with Crippen molar-refractivity contribution in [1.29, 1.82) is 0 Å². The van der Waals surface area contributed by atoms with Gasteiger partial charge in [-0.3, -0.25) is 9.59 Å². The van der Waals surface area contributed by atoms with Crippen LogP contribution in [0.25, 0.3) is 0 Å². The van der Waals surface area contributed by atoms with Crippen molar-refractivity contribution in [1.82, 2.24) is 5.32 Å². The minimum Gasteiger partial charge on any atom is -0.480 e. The van der Waals surface area contributed by atoms with E-state index in [4.69, 9.17) is 0 Å². The van der Waals surface area contributed by atoms with Crippen molar-refractivity contribution in [2.45, 2.75) is 26.3 Å². The lowest BCUT2D eigenvalue weighted by molar-refractivity contribution is -0.140. The number of carboxylic acids is 1. The highest BCUT2D eigenvalue weighted by atomic mass is 16.4. The highest BCUT2D eigenvalue weighted by molar-refractivity contribution is 6.09. The minimum absolute atomic E-state index is 0.214. The first-order valence-corrected chi connectivity index (χ1v) is 8.43. The lowest BCUT2D eigenvalue weighted by atomic mass is 9.98. The van der Waals surface area contributed by atoms with Crippen LogP contribution in [0.1, 0.15) is 41.0 Å². The van der Waals surface area contributed by atoms with Gasteiger partial charge in [-0.25, -0.2) is 4.79 Å². The number of carbonyl (C=O) groups is 3. The topological polar surface area (TPSA) is 95.5 Å². The molecule has 2 aromatic rings. The summed E-state index contributed by atoms with van der Waals surface area (Å²) in [6, 6.07) is 14.1. The van der Waals surface area contributed by atoms with Crippen molar-refractivity contribution in [3.05, 3.63) is 65.7 Å². The highest BCUT2D eigenvalue weighted by Crippen LogP contribution is 2.18. The SMILES string of the molecule is CC[C@@H](C)[C@H](NC(=O)c1ccccc1NC(=O)c1ccccc1)C(=O)O. The van der Waals surface area contributed by atoms with Crippen molar-refractivity contribution in [2.24, 2.45) is 5.92 Å². The number of carbonyl (C=O) groups excluding carboxylic acids is 2. The molecule has 0 saturated carbocycles. The van der Waals surface area contributed by atoms with Crippen LogP contribution in [0.15, 0.2) is 54.6 Å². The number of amides is 2. The fraction of sp³-hybridized carbons (Fsp3) is 0.250. The number of hydrogen-bond donors (Lipinski definition) is 3. The zero-order valence-corrected chi connectivity index (χ0v) is 14.7. The molecule has 0 spiro atoms. The van der Waals surface area contributed by atoms with Crippen LogP contribution in [0, 0.1) is 5.92 Å². The quantitative estimate of drug-likeness (QED) is 0.712. The summed E-state index contributed by atoms with van der Waals surface area (Å²) in [6.07, 6.45) is 0.615. The zero-order valence-electron chi connectivity index (χ0n) is 14.7. The van der Waals surface area contributed by atoms with E-state index in [9.17, 15) is 19.5 Å². The maximum absolute atomic E-state index is 12.6. The molecular weight excluding hydrogens is 332 g/mol. The van der Waals surface area contributed by atoms with E-state index in [-0.39, 0.29) is 17.4 Å². The molecule has 2 rings (SSSR count). The second-order valence-electron chi connectivity index (χ2n) is 6.04. The molecule has 26 heavy (non-hydrogen) atoms. The molecule has 2 atom stereocenters. The van der Waals surface area contributed by atoms with Crippen LogP contribution in [0.5, 0.6) is 0 Å². The number of benzene rings is 2. The van der Waals surface area contributed by atoms with Crippen LogP contribution >= 0.6 is 0 Å². The third kappa shape index (κ3) is 4.69. The Hall–Kier alpha value is -3.15. The van der Waals surface area contributed by atoms with Gasteiger partial charge in [0.05, 0.1) is 11.3 Å². The Morgan fingerprint density at radius 2 is 1.58 bits per heavy atom. The molecule has 0 aromatic heterocycles. The van der Waals surface area contributed by atoms with Crippen LogP contribution in [-0.4, -0.2) is 28.9 Å². The fourth-order valence-electron chi connectivity index (χ4n) is 2.48. The van der Waals surface area contributed by atoms with Gasteiger partial charge in [-0.05, 0) is 30.2 Å². The monoisotopic (exact) mass is 354 g/mol. The molecule has 6 heteroatoms. The zero-order chi connectivity index (χ0) is 19.1. The molecule has 0 bridgehead atoms. The van der Waals surface area contributed by atoms with Crippen LogP contribution in [-0.2, 0) is 4.79 Å². The third-order valence-electron chi connectivity index (χ3n) is 4.22. The molecule has 0 radical (unpaired) electrons. The van der Waals surface area contributed by atoms with Gasteiger partial charge in [0.15, 0.2) is 0 Å². The summed E-state index contributed by atoms with van der Waals surface area (Å²) < 4.78 is 0. The first-order chi connectivity index (χ1) is 12.4. The molecule has 0 aliphatic carbocycles. The van der Waals surface area contributed by atoms with Crippen LogP contribution in [0.4, 0.5) is 5.69 Å². The fourth-order valence-corrected chi connectivity index (χ4v) is 2.48. The minimum atomic E-state index is -1.08. The first-order valence-electron chi connectivity index (χ1n) is 8.43. The van der Waals surface area contributed by atoms with Crippen molar-refractivity contribution in [3.8, 4) is 0 Å². The Kier molecular flexibility index (Phi) is 6.49. The van der Waals surface area contributed by atoms with E-state index in [1.165, 1.54) is 0 Å². The summed E-state index contributed by atoms with van der Waals surface area (Å²) in [7, 11) is 0. The van der Waals surface area contributed by atoms with Crippen molar-refractivity contribution >= 4 is 23.5 Å². The number of para-hydroxylation sites is 1. The van der Waals surface area contributed by atoms with Gasteiger partial charge in [0.2, 0.25) is 0 Å². The third-order valence-corrected chi connectivity index (χ3v) is 4.22. The standard InChI is InChI=1S/C20H22N2O4/c1-3-13(2)17(20(25)26)22-19(24)15-11-7-8-12-16(15)21-18(23)14-9-5-4-6-10-14/h4-13,17H,3H2,1-2H3,(H,21,23)(H,22,24)(H,25,26)/t13-,17+/m1/s1. The maximum atomic E-state index is 12.6. The average Bonchev–Trinajstić information content (AvgIpc) is 2.66. The Balaban J connectivity index is 2.21. The van der Waals surface area contributed by atoms with Crippen molar-refractivity contribution in [3.63, 3.8) is 0 Å². The molecule has 0 unspecified atom stereocenters. The molecule has 0 aliphatic heterocycles. The number of hydrogen-bond acceptors (Lipinski definition) is 3. The molecule has 6 nitrogen and oxygen atoms in total. The average molecular weight is 354 g/mol. The Bertz CT molecular complexity index is 789. The summed E-state index contributed by atoms with van der Waals surface area (Å²) in [5, 5.41) is 14.6. The van der Waals surface area contributed by atoms with E-state index in [0.717, 1.165) is 0 Å². The van der Waals surface area contributed by atoms with Crippen molar-refractivity contribution in [2.75, 3.05) is 5.32 Å². The predicted molar refractivity (Wildman–Crippen MR) is 99.2 cm³/mol. The van der Waals surface area contributed by atoms with Gasteiger partial charge in [-0.2, -0.15) is 0 Å². The number of aliphatic carboxylic acids is 1. The van der Waals surface area contributed by atoms with Gasteiger partial charge in [0.1, 0.15) is 6.04 Å². The summed E-state index contributed by atoms with van der Waals surface area (Å²) in [5.41, 5.74) is 1.00. The number of nitrogens with one attached hydrogen (secondary N) is 2. The van der Waals surface area contributed by atoms with Gasteiger partial charge in [0, 0.05) is 5.56 Å². The largest absolute Gasteiger partial charge is 0.480 e. The number of anilines is 1. The number of rotatable bonds is 7. The lowest BCUT2D eigenvalue weighted by Gasteiger charge is -2.21. The highest BCUT2D eigenvalue weighted by Gasteiger charge is 2.26. The molecule has 0 aliphatic rings. The summed E-state index contributed by atoms with van der Waals surface area (Å²) in [4.78, 5) is 36.4.